The number of halogens is 1. The highest BCUT2D eigenvalue weighted by atomic mass is 79.9. The lowest BCUT2D eigenvalue weighted by Gasteiger charge is -2.27. The zero-order chi connectivity index (χ0) is 27.4. The molecule has 1 aromatic heterocycles. The summed E-state index contributed by atoms with van der Waals surface area (Å²) in [5, 5.41) is 4.59. The molecule has 1 amide bonds. The van der Waals surface area contributed by atoms with Crippen molar-refractivity contribution in [2.75, 3.05) is 19.0 Å². The molecule has 1 unspecified atom stereocenters. The number of anilines is 1. The molecule has 1 N–H and O–H groups in total. The number of carbonyl (C=O) groups excluding carboxylic acids is 2. The first-order valence-electron chi connectivity index (χ1n) is 12.2. The molecule has 8 nitrogen and oxygen atoms in total. The molecule has 0 aliphatic carbocycles. The molecule has 0 spiro atoms. The van der Waals surface area contributed by atoms with Crippen molar-refractivity contribution in [2.24, 2.45) is 4.99 Å². The third-order valence-corrected chi connectivity index (χ3v) is 8.42. The number of thiazole rings is 1. The number of nitrogens with zero attached hydrogens (tertiary/aromatic N) is 2. The van der Waals surface area contributed by atoms with Crippen LogP contribution >= 0.6 is 27.3 Å². The van der Waals surface area contributed by atoms with Gasteiger partial charge in [-0.15, -0.1) is 0 Å². The maximum Gasteiger partial charge on any atom is 0.338 e. The van der Waals surface area contributed by atoms with Gasteiger partial charge in [0.05, 0.1) is 30.6 Å². The fourth-order valence-corrected chi connectivity index (χ4v) is 6.72. The Morgan fingerprint density at radius 3 is 2.72 bits per heavy atom. The monoisotopic (exact) mass is 603 g/mol. The normalized spacial score (nSPS) is 17.4. The smallest absolute Gasteiger partial charge is 0.338 e. The fourth-order valence-electron chi connectivity index (χ4n) is 5.22. The molecule has 196 valence electrons. The highest BCUT2D eigenvalue weighted by Crippen LogP contribution is 2.40. The Hall–Kier alpha value is -4.02. The standard InChI is InChI=1S/C29H22BrN3O5S/c1-4-38-28(36)21-14(2)31-29-33(24(21)22-17-8-6-5-7-15(17)9-12-20(22)37-3)27(35)25(39-29)23-18-13-16(30)10-11-19(18)32-26(23)34/h5-13,24H,4H2,1-3H3,(H,32,34)/b25-23+. The largest absolute Gasteiger partial charge is 0.496 e. The summed E-state index contributed by atoms with van der Waals surface area (Å²) in [7, 11) is 1.55. The molecule has 3 aromatic carbocycles. The number of hydrogen-bond acceptors (Lipinski definition) is 7. The minimum Gasteiger partial charge on any atom is -0.496 e. The van der Waals surface area contributed by atoms with Gasteiger partial charge in [0.1, 0.15) is 16.3 Å². The van der Waals surface area contributed by atoms with Gasteiger partial charge in [-0.25, -0.2) is 9.79 Å². The number of allylic oxidation sites excluding steroid dienone is 1. The average Bonchev–Trinajstić information content (AvgIpc) is 3.41. The fraction of sp³-hybridized carbons (Fsp3) is 0.172. The lowest BCUT2D eigenvalue weighted by molar-refractivity contribution is -0.139. The zero-order valence-corrected chi connectivity index (χ0v) is 23.6. The number of benzene rings is 3. The van der Waals surface area contributed by atoms with E-state index < -0.39 is 17.6 Å². The molecule has 0 saturated heterocycles. The lowest BCUT2D eigenvalue weighted by Crippen LogP contribution is -2.40. The summed E-state index contributed by atoms with van der Waals surface area (Å²) < 4.78 is 13.7. The van der Waals surface area contributed by atoms with Gasteiger partial charge in [0, 0.05) is 21.3 Å². The Morgan fingerprint density at radius 1 is 1.15 bits per heavy atom. The van der Waals surface area contributed by atoms with Crippen molar-refractivity contribution < 1.29 is 19.1 Å². The van der Waals surface area contributed by atoms with Crippen molar-refractivity contribution >= 4 is 61.2 Å². The summed E-state index contributed by atoms with van der Waals surface area (Å²) in [6.07, 6.45) is 0. The van der Waals surface area contributed by atoms with Gasteiger partial charge in [-0.1, -0.05) is 57.6 Å². The maximum atomic E-state index is 14.3. The van der Waals surface area contributed by atoms with Gasteiger partial charge in [0.15, 0.2) is 4.80 Å². The summed E-state index contributed by atoms with van der Waals surface area (Å²) in [5.74, 6) is -0.417. The predicted octanol–water partition coefficient (Wildman–Crippen LogP) is 4.04. The van der Waals surface area contributed by atoms with Gasteiger partial charge >= 0.3 is 5.97 Å². The van der Waals surface area contributed by atoms with Crippen LogP contribution < -0.4 is 24.9 Å². The second-order valence-corrected chi connectivity index (χ2v) is 10.9. The quantitative estimate of drug-likeness (QED) is 0.355. The molecule has 4 aromatic rings. The summed E-state index contributed by atoms with van der Waals surface area (Å²) in [6, 6.07) is 16.0. The molecule has 39 heavy (non-hydrogen) atoms. The maximum absolute atomic E-state index is 14.3. The van der Waals surface area contributed by atoms with E-state index in [9.17, 15) is 14.4 Å². The number of amides is 1. The predicted molar refractivity (Wildman–Crippen MR) is 153 cm³/mol. The van der Waals surface area contributed by atoms with Crippen LogP contribution in [0.2, 0.25) is 0 Å². The van der Waals surface area contributed by atoms with Crippen LogP contribution in [-0.2, 0) is 14.3 Å². The Bertz CT molecular complexity index is 1940. The van der Waals surface area contributed by atoms with Crippen LogP contribution in [0.1, 0.15) is 31.0 Å². The third-order valence-electron chi connectivity index (χ3n) is 6.87. The molecule has 2 aliphatic heterocycles. The molecule has 3 heterocycles. The number of aromatic nitrogens is 1. The molecule has 10 heteroatoms. The van der Waals surface area contributed by atoms with E-state index in [1.807, 2.05) is 42.5 Å². The van der Waals surface area contributed by atoms with E-state index >= 15 is 0 Å². The molecule has 0 bridgehead atoms. The minimum absolute atomic E-state index is 0.162. The number of methoxy groups -OCH3 is 1. The first-order chi connectivity index (χ1) is 18.8. The van der Waals surface area contributed by atoms with Crippen LogP contribution in [0.4, 0.5) is 5.69 Å². The number of nitrogens with one attached hydrogen (secondary N) is 1. The summed E-state index contributed by atoms with van der Waals surface area (Å²) in [4.78, 5) is 45.8. The van der Waals surface area contributed by atoms with E-state index in [-0.39, 0.29) is 28.2 Å². The van der Waals surface area contributed by atoms with Gasteiger partial charge in [0.2, 0.25) is 0 Å². The molecular weight excluding hydrogens is 582 g/mol. The molecule has 6 rings (SSSR count). The summed E-state index contributed by atoms with van der Waals surface area (Å²) >= 11 is 4.59. The first kappa shape index (κ1) is 25.3. The number of hydrogen-bond donors (Lipinski definition) is 1. The zero-order valence-electron chi connectivity index (χ0n) is 21.2. The van der Waals surface area contributed by atoms with Crippen LogP contribution in [0.3, 0.4) is 0 Å². The molecule has 1 atom stereocenters. The Labute approximate surface area is 235 Å². The number of carbonyl (C=O) groups is 2. The van der Waals surface area contributed by atoms with Gasteiger partial charge in [-0.05, 0) is 48.9 Å². The van der Waals surface area contributed by atoms with Crippen LogP contribution in [0.25, 0.3) is 16.3 Å². The van der Waals surface area contributed by atoms with Crippen LogP contribution in [0.5, 0.6) is 5.75 Å². The highest BCUT2D eigenvalue weighted by molar-refractivity contribution is 9.10. The van der Waals surface area contributed by atoms with Crippen molar-refractivity contribution in [1.82, 2.24) is 4.57 Å². The second-order valence-electron chi connectivity index (χ2n) is 9.04. The summed E-state index contributed by atoms with van der Waals surface area (Å²) in [5.41, 5.74) is 2.42. The van der Waals surface area contributed by atoms with E-state index in [4.69, 9.17) is 9.47 Å². The Balaban J connectivity index is 1.73. The van der Waals surface area contributed by atoms with Crippen molar-refractivity contribution in [3.8, 4) is 5.75 Å². The molecule has 0 radical (unpaired) electrons. The molecule has 0 saturated carbocycles. The minimum atomic E-state index is -0.887. The molecule has 2 aliphatic rings. The first-order valence-corrected chi connectivity index (χ1v) is 13.8. The van der Waals surface area contributed by atoms with Crippen molar-refractivity contribution in [3.63, 3.8) is 0 Å². The van der Waals surface area contributed by atoms with E-state index in [2.05, 4.69) is 26.2 Å². The highest BCUT2D eigenvalue weighted by Gasteiger charge is 2.37. The third kappa shape index (κ3) is 3.93. The number of fused-ring (bicyclic) bond motifs is 3. The van der Waals surface area contributed by atoms with E-state index in [1.54, 1.807) is 33.1 Å². The van der Waals surface area contributed by atoms with E-state index in [0.29, 0.717) is 33.1 Å². The molecule has 0 fully saturated rings. The van der Waals surface area contributed by atoms with E-state index in [1.165, 1.54) is 4.57 Å². The SMILES string of the molecule is CCOC(=O)C1=C(C)N=c2s/c(=C3/C(=O)Nc4ccc(Br)cc43)c(=O)n2C1c1c(OC)ccc2ccccc12. The second kappa shape index (κ2) is 9.62. The van der Waals surface area contributed by atoms with Gasteiger partial charge < -0.3 is 14.8 Å². The number of rotatable bonds is 4. The Kier molecular flexibility index (Phi) is 6.23. The van der Waals surface area contributed by atoms with Gasteiger partial charge in [-0.2, -0.15) is 0 Å². The van der Waals surface area contributed by atoms with Crippen LogP contribution in [0, 0.1) is 0 Å². The van der Waals surface area contributed by atoms with Gasteiger partial charge in [-0.3, -0.25) is 14.2 Å². The van der Waals surface area contributed by atoms with Crippen LogP contribution in [0.15, 0.2) is 80.1 Å². The van der Waals surface area contributed by atoms with Crippen molar-refractivity contribution in [3.05, 3.63) is 101 Å². The van der Waals surface area contributed by atoms with Gasteiger partial charge in [0.25, 0.3) is 11.5 Å². The number of esters is 1. The topological polar surface area (TPSA) is 99.0 Å². The van der Waals surface area contributed by atoms with Crippen molar-refractivity contribution in [1.29, 1.82) is 0 Å². The van der Waals surface area contributed by atoms with E-state index in [0.717, 1.165) is 26.6 Å². The Morgan fingerprint density at radius 2 is 1.95 bits per heavy atom. The molecular formula is C29H22BrN3O5S. The lowest BCUT2D eigenvalue weighted by atomic mass is 9.90. The van der Waals surface area contributed by atoms with Crippen molar-refractivity contribution in [2.45, 2.75) is 19.9 Å². The number of ether oxygens (including phenoxy) is 2. The summed E-state index contributed by atoms with van der Waals surface area (Å²) in [6.45, 7) is 3.62. The van der Waals surface area contributed by atoms with Crippen LogP contribution in [-0.4, -0.2) is 30.2 Å². The average molecular weight is 604 g/mol.